The van der Waals surface area contributed by atoms with E-state index >= 15 is 0 Å². The van der Waals surface area contributed by atoms with E-state index in [1.54, 1.807) is 4.90 Å². The van der Waals surface area contributed by atoms with Gasteiger partial charge in [-0.15, -0.1) is 0 Å². The van der Waals surface area contributed by atoms with Gasteiger partial charge in [-0.3, -0.25) is 9.69 Å². The first-order valence-electron chi connectivity index (χ1n) is 10.3. The van der Waals surface area contributed by atoms with Crippen molar-refractivity contribution >= 4 is 17.6 Å². The minimum absolute atomic E-state index is 0.0929. The molecule has 6 heteroatoms. The van der Waals surface area contributed by atoms with E-state index in [2.05, 4.69) is 45.9 Å². The zero-order valence-corrected chi connectivity index (χ0v) is 16.9. The van der Waals surface area contributed by atoms with Crippen molar-refractivity contribution in [2.75, 3.05) is 44.2 Å². The number of likely N-dealkylation sites (tertiary alicyclic amines) is 1. The number of rotatable bonds is 6. The summed E-state index contributed by atoms with van der Waals surface area (Å²) < 4.78 is 0. The highest BCUT2D eigenvalue weighted by atomic mass is 16.2. The van der Waals surface area contributed by atoms with E-state index in [4.69, 9.17) is 0 Å². The van der Waals surface area contributed by atoms with Gasteiger partial charge in [-0.25, -0.2) is 4.79 Å². The fraction of sp³-hybridized carbons (Fsp3) is 0.391. The zero-order chi connectivity index (χ0) is 20.2. The van der Waals surface area contributed by atoms with E-state index in [1.165, 1.54) is 5.56 Å². The molecular weight excluding hydrogens is 364 g/mol. The number of nitrogens with zero attached hydrogens (tertiary/aromatic N) is 2. The third-order valence-corrected chi connectivity index (χ3v) is 5.88. The summed E-state index contributed by atoms with van der Waals surface area (Å²) in [5, 5.41) is 5.84. The molecule has 0 aromatic heterocycles. The maximum Gasteiger partial charge on any atom is 0.322 e. The number of urea groups is 1. The number of carbonyl (C=O) groups is 2. The van der Waals surface area contributed by atoms with Crippen LogP contribution >= 0.6 is 0 Å². The maximum absolute atomic E-state index is 12.6. The van der Waals surface area contributed by atoms with Gasteiger partial charge in [0.1, 0.15) is 0 Å². The first-order chi connectivity index (χ1) is 14.1. The predicted octanol–water partition coefficient (Wildman–Crippen LogP) is 2.74. The molecule has 2 N–H and O–H groups in total. The van der Waals surface area contributed by atoms with E-state index < -0.39 is 0 Å². The smallest absolute Gasteiger partial charge is 0.322 e. The highest BCUT2D eigenvalue weighted by Crippen LogP contribution is 2.26. The fourth-order valence-corrected chi connectivity index (χ4v) is 4.21. The first-order valence-corrected chi connectivity index (χ1v) is 10.3. The molecule has 152 valence electrons. The Hall–Kier alpha value is -2.86. The van der Waals surface area contributed by atoms with Crippen molar-refractivity contribution in [3.05, 3.63) is 65.2 Å². The lowest BCUT2D eigenvalue weighted by Gasteiger charge is -2.19. The number of nitrogens with one attached hydrogen (secondary N) is 2. The van der Waals surface area contributed by atoms with Crippen LogP contribution in [0.5, 0.6) is 0 Å². The normalized spacial score (nSPS) is 19.4. The highest BCUT2D eigenvalue weighted by Gasteiger charge is 2.24. The van der Waals surface area contributed by atoms with Gasteiger partial charge in [0.2, 0.25) is 0 Å². The highest BCUT2D eigenvalue weighted by molar-refractivity contribution is 5.99. The molecule has 0 unspecified atom stereocenters. The molecule has 2 aliphatic rings. The summed E-state index contributed by atoms with van der Waals surface area (Å²) in [5.74, 6) is 0.489. The molecule has 4 rings (SSSR count). The van der Waals surface area contributed by atoms with Gasteiger partial charge < -0.3 is 15.5 Å². The number of aryl methyl sites for hydroxylation is 1. The Balaban J connectivity index is 1.30. The average molecular weight is 393 g/mol. The van der Waals surface area contributed by atoms with E-state index in [-0.39, 0.29) is 11.9 Å². The van der Waals surface area contributed by atoms with Gasteiger partial charge in [0, 0.05) is 44.0 Å². The Morgan fingerprint density at radius 3 is 2.76 bits per heavy atom. The molecule has 3 amide bonds. The topological polar surface area (TPSA) is 64.7 Å². The minimum atomic E-state index is -0.104. The van der Waals surface area contributed by atoms with Gasteiger partial charge in [0.15, 0.2) is 0 Å². The summed E-state index contributed by atoms with van der Waals surface area (Å²) in [6.45, 7) is 6.79. The molecule has 0 saturated carbocycles. The van der Waals surface area contributed by atoms with Gasteiger partial charge in [0.25, 0.3) is 5.91 Å². The van der Waals surface area contributed by atoms with Crippen molar-refractivity contribution in [2.45, 2.75) is 19.3 Å². The molecule has 2 aromatic carbocycles. The number of hydrogen-bond donors (Lipinski definition) is 2. The van der Waals surface area contributed by atoms with Crippen LogP contribution in [0.2, 0.25) is 0 Å². The summed E-state index contributed by atoms with van der Waals surface area (Å²) in [4.78, 5) is 28.7. The largest absolute Gasteiger partial charge is 0.351 e. The predicted molar refractivity (Wildman–Crippen MR) is 114 cm³/mol. The van der Waals surface area contributed by atoms with Crippen LogP contribution in [-0.2, 0) is 0 Å². The van der Waals surface area contributed by atoms with Crippen LogP contribution in [0.1, 0.15) is 33.8 Å². The summed E-state index contributed by atoms with van der Waals surface area (Å²) in [6, 6.07) is 16.1. The van der Waals surface area contributed by atoms with Gasteiger partial charge in [-0.2, -0.15) is 0 Å². The number of carbonyl (C=O) groups excluding carboxylic acids is 2. The van der Waals surface area contributed by atoms with E-state index in [1.807, 2.05) is 25.1 Å². The molecule has 1 atom stereocenters. The van der Waals surface area contributed by atoms with Gasteiger partial charge in [0.05, 0.1) is 0 Å². The zero-order valence-electron chi connectivity index (χ0n) is 16.9. The van der Waals surface area contributed by atoms with Crippen LogP contribution in [0, 0.1) is 6.92 Å². The summed E-state index contributed by atoms with van der Waals surface area (Å²) in [5.41, 5.74) is 3.78. The third-order valence-electron chi connectivity index (χ3n) is 5.88. The first kappa shape index (κ1) is 19.5. The Labute approximate surface area is 171 Å². The number of anilines is 1. The lowest BCUT2D eigenvalue weighted by atomic mass is 9.99. The number of hydrogen-bond acceptors (Lipinski definition) is 3. The van der Waals surface area contributed by atoms with Crippen molar-refractivity contribution in [1.29, 1.82) is 0 Å². The van der Waals surface area contributed by atoms with Crippen LogP contribution < -0.4 is 15.5 Å². The lowest BCUT2D eigenvalue weighted by Crippen LogP contribution is -2.34. The quantitative estimate of drug-likeness (QED) is 0.795. The second kappa shape index (κ2) is 8.66. The Kier molecular flexibility index (Phi) is 5.81. The van der Waals surface area contributed by atoms with Crippen molar-refractivity contribution in [3.63, 3.8) is 0 Å². The van der Waals surface area contributed by atoms with Crippen molar-refractivity contribution in [1.82, 2.24) is 15.5 Å². The van der Waals surface area contributed by atoms with Gasteiger partial charge in [-0.05, 0) is 49.1 Å². The molecule has 0 spiro atoms. The van der Waals surface area contributed by atoms with Crippen LogP contribution in [-0.4, -0.2) is 56.1 Å². The molecule has 0 radical (unpaired) electrons. The van der Waals surface area contributed by atoms with Crippen molar-refractivity contribution in [3.8, 4) is 0 Å². The van der Waals surface area contributed by atoms with Crippen LogP contribution in [0.4, 0.5) is 10.5 Å². The Bertz CT molecular complexity index is 884. The molecule has 2 aromatic rings. The molecule has 6 nitrogen and oxygen atoms in total. The molecule has 0 aliphatic carbocycles. The van der Waals surface area contributed by atoms with Crippen LogP contribution in [0.25, 0.3) is 0 Å². The standard InChI is InChI=1S/C23H28N4O2/c1-17-7-8-19(15-21(17)27-14-11-25-23(27)29)22(28)24-10-13-26-12-9-20(16-26)18-5-3-2-4-6-18/h2-8,15,20H,9-14,16H2,1H3,(H,24,28)(H,25,29)/t20-/m0/s1. The monoisotopic (exact) mass is 392 g/mol. The second-order valence-corrected chi connectivity index (χ2v) is 7.84. The summed E-state index contributed by atoms with van der Waals surface area (Å²) in [6.07, 6.45) is 1.16. The molecule has 29 heavy (non-hydrogen) atoms. The maximum atomic E-state index is 12.6. The molecule has 2 heterocycles. The van der Waals surface area contributed by atoms with E-state index in [9.17, 15) is 9.59 Å². The van der Waals surface area contributed by atoms with E-state index in [0.29, 0.717) is 31.1 Å². The SMILES string of the molecule is Cc1ccc(C(=O)NCCN2CC[C@H](c3ccccc3)C2)cc1N1CCNC1=O. The van der Waals surface area contributed by atoms with Crippen molar-refractivity contribution in [2.24, 2.45) is 0 Å². The second-order valence-electron chi connectivity index (χ2n) is 7.84. The fourth-order valence-electron chi connectivity index (χ4n) is 4.21. The number of benzene rings is 2. The molecule has 2 fully saturated rings. The van der Waals surface area contributed by atoms with Crippen LogP contribution in [0.15, 0.2) is 48.5 Å². The number of amides is 3. The Morgan fingerprint density at radius 1 is 1.17 bits per heavy atom. The average Bonchev–Trinajstić information content (AvgIpc) is 3.38. The Morgan fingerprint density at radius 2 is 2.00 bits per heavy atom. The molecule has 2 saturated heterocycles. The third kappa shape index (κ3) is 4.43. The van der Waals surface area contributed by atoms with E-state index in [0.717, 1.165) is 37.3 Å². The molecule has 0 bridgehead atoms. The van der Waals surface area contributed by atoms with Gasteiger partial charge in [-0.1, -0.05) is 36.4 Å². The summed E-state index contributed by atoms with van der Waals surface area (Å²) in [7, 11) is 0. The van der Waals surface area contributed by atoms with Crippen LogP contribution in [0.3, 0.4) is 0 Å². The molecular formula is C23H28N4O2. The minimum Gasteiger partial charge on any atom is -0.351 e. The van der Waals surface area contributed by atoms with Gasteiger partial charge >= 0.3 is 6.03 Å². The molecule has 2 aliphatic heterocycles. The summed E-state index contributed by atoms with van der Waals surface area (Å²) >= 11 is 0. The lowest BCUT2D eigenvalue weighted by molar-refractivity contribution is 0.0949. The van der Waals surface area contributed by atoms with Crippen molar-refractivity contribution < 1.29 is 9.59 Å².